The number of likely N-dealkylation sites (tertiary alicyclic amines) is 1. The topological polar surface area (TPSA) is 81.7 Å². The zero-order chi connectivity index (χ0) is 22.4. The van der Waals surface area contributed by atoms with Crippen LogP contribution >= 0.6 is 0 Å². The maximum absolute atomic E-state index is 13.1. The monoisotopic (exact) mass is 430 g/mol. The van der Waals surface area contributed by atoms with E-state index < -0.39 is 0 Å². The van der Waals surface area contributed by atoms with Crippen LogP contribution in [0, 0.1) is 0 Å². The lowest BCUT2D eigenvalue weighted by Gasteiger charge is -2.37. The Morgan fingerprint density at radius 1 is 1.10 bits per heavy atom. The zero-order valence-corrected chi connectivity index (χ0v) is 19.6. The summed E-state index contributed by atoms with van der Waals surface area (Å²) >= 11 is 0. The highest BCUT2D eigenvalue weighted by Gasteiger charge is 2.31. The van der Waals surface area contributed by atoms with Crippen molar-refractivity contribution in [2.45, 2.75) is 76.9 Å². The highest BCUT2D eigenvalue weighted by molar-refractivity contribution is 5.78. The van der Waals surface area contributed by atoms with Gasteiger partial charge in [-0.25, -0.2) is 9.97 Å². The Morgan fingerprint density at radius 2 is 1.81 bits per heavy atom. The zero-order valence-electron chi connectivity index (χ0n) is 19.6. The highest BCUT2D eigenvalue weighted by Crippen LogP contribution is 2.30. The Morgan fingerprint density at radius 3 is 2.48 bits per heavy atom. The fraction of sp³-hybridized carbons (Fsp3) is 0.739. The molecule has 1 N–H and O–H groups in total. The van der Waals surface area contributed by atoms with Gasteiger partial charge < -0.3 is 15.1 Å². The van der Waals surface area contributed by atoms with Crippen molar-refractivity contribution in [3.8, 4) is 0 Å². The number of aromatic nitrogens is 2. The molecule has 1 saturated carbocycles. The van der Waals surface area contributed by atoms with Gasteiger partial charge >= 0.3 is 0 Å². The van der Waals surface area contributed by atoms with E-state index in [0.29, 0.717) is 19.1 Å². The molecule has 2 aliphatic rings. The van der Waals surface area contributed by atoms with Crippen molar-refractivity contribution in [3.05, 3.63) is 17.6 Å². The van der Waals surface area contributed by atoms with Gasteiger partial charge in [-0.15, -0.1) is 0 Å². The summed E-state index contributed by atoms with van der Waals surface area (Å²) in [5.74, 6) is 1.68. The van der Waals surface area contributed by atoms with Crippen molar-refractivity contribution in [3.63, 3.8) is 0 Å². The second-order valence-corrected chi connectivity index (χ2v) is 9.01. The lowest BCUT2D eigenvalue weighted by atomic mass is 9.94. The molecule has 1 unspecified atom stereocenters. The first-order valence-electron chi connectivity index (χ1n) is 11.7. The second kappa shape index (κ2) is 10.9. The molecule has 1 aromatic heterocycles. The first-order valence-corrected chi connectivity index (χ1v) is 11.7. The minimum Gasteiger partial charge on any atom is -0.373 e. The minimum atomic E-state index is 0.00168. The van der Waals surface area contributed by atoms with Crippen molar-refractivity contribution in [1.82, 2.24) is 24.7 Å². The standard InChI is InChI=1S/C23H38N6O2/c1-17(30)27(3)15-18-14-21(24-2)26-23(25-18)20-12-8-9-13-29(20)16-22(31)28(4)19-10-6-5-7-11-19/h14,19-20H,5-13,15-16H2,1-4H3,(H,24,25,26). The van der Waals surface area contributed by atoms with Crippen LogP contribution in [0.2, 0.25) is 0 Å². The number of rotatable bonds is 7. The average molecular weight is 431 g/mol. The van der Waals surface area contributed by atoms with Crippen LogP contribution in [0.4, 0.5) is 5.82 Å². The molecule has 8 nitrogen and oxygen atoms in total. The van der Waals surface area contributed by atoms with Crippen molar-refractivity contribution in [2.24, 2.45) is 0 Å². The van der Waals surface area contributed by atoms with E-state index in [4.69, 9.17) is 9.97 Å². The lowest BCUT2D eigenvalue weighted by Crippen LogP contribution is -2.46. The van der Waals surface area contributed by atoms with Gasteiger partial charge in [0.25, 0.3) is 0 Å². The molecule has 1 aliphatic heterocycles. The summed E-state index contributed by atoms with van der Waals surface area (Å²) in [4.78, 5) is 40.2. The predicted octanol–water partition coefficient (Wildman–Crippen LogP) is 2.81. The third kappa shape index (κ3) is 6.15. The molecule has 1 saturated heterocycles. The Bertz CT molecular complexity index is 764. The van der Waals surface area contributed by atoms with Gasteiger partial charge in [0.2, 0.25) is 11.8 Å². The second-order valence-electron chi connectivity index (χ2n) is 9.01. The molecule has 8 heteroatoms. The maximum atomic E-state index is 13.1. The van der Waals surface area contributed by atoms with E-state index in [9.17, 15) is 9.59 Å². The van der Waals surface area contributed by atoms with Crippen LogP contribution in [0.15, 0.2) is 6.07 Å². The molecule has 1 aliphatic carbocycles. The number of carbonyl (C=O) groups excluding carboxylic acids is 2. The third-order valence-corrected chi connectivity index (χ3v) is 6.76. The molecule has 0 bridgehead atoms. The molecule has 2 fully saturated rings. The van der Waals surface area contributed by atoms with E-state index in [0.717, 1.165) is 56.0 Å². The summed E-state index contributed by atoms with van der Waals surface area (Å²) in [6.45, 7) is 3.28. The first-order chi connectivity index (χ1) is 14.9. The number of amides is 2. The smallest absolute Gasteiger partial charge is 0.236 e. The third-order valence-electron chi connectivity index (χ3n) is 6.76. The SMILES string of the molecule is CNc1cc(CN(C)C(C)=O)nc(C2CCCCN2CC(=O)N(C)C2CCCCC2)n1. The normalized spacial score (nSPS) is 20.3. The number of hydrogen-bond donors (Lipinski definition) is 1. The maximum Gasteiger partial charge on any atom is 0.236 e. The molecule has 1 aromatic rings. The molecule has 2 amide bonds. The number of anilines is 1. The van der Waals surface area contributed by atoms with Gasteiger partial charge in [0.1, 0.15) is 11.6 Å². The first kappa shape index (κ1) is 23.4. The summed E-state index contributed by atoms with van der Waals surface area (Å²) in [6, 6.07) is 2.28. The van der Waals surface area contributed by atoms with Crippen LogP contribution in [-0.2, 0) is 16.1 Å². The van der Waals surface area contributed by atoms with E-state index >= 15 is 0 Å². The Labute approximate surface area is 186 Å². The molecule has 1 atom stereocenters. The van der Waals surface area contributed by atoms with Gasteiger partial charge in [-0.1, -0.05) is 25.7 Å². The van der Waals surface area contributed by atoms with Crippen LogP contribution in [-0.4, -0.2) is 76.8 Å². The van der Waals surface area contributed by atoms with E-state index in [-0.39, 0.29) is 17.9 Å². The van der Waals surface area contributed by atoms with Gasteiger partial charge in [0, 0.05) is 40.2 Å². The molecule has 172 valence electrons. The van der Waals surface area contributed by atoms with E-state index in [1.165, 1.54) is 19.3 Å². The summed E-state index contributed by atoms with van der Waals surface area (Å²) in [6.07, 6.45) is 9.08. The molecule has 0 radical (unpaired) electrons. The fourth-order valence-corrected chi connectivity index (χ4v) is 4.66. The molecule has 0 spiro atoms. The number of piperidine rings is 1. The van der Waals surface area contributed by atoms with Gasteiger partial charge in [-0.05, 0) is 32.2 Å². The summed E-state index contributed by atoms with van der Waals surface area (Å²) in [5.41, 5.74) is 0.809. The number of nitrogens with zero attached hydrogens (tertiary/aromatic N) is 5. The molecule has 31 heavy (non-hydrogen) atoms. The number of likely N-dealkylation sites (N-methyl/N-ethyl adjacent to an activating group) is 1. The van der Waals surface area contributed by atoms with Gasteiger partial charge in [-0.2, -0.15) is 0 Å². The van der Waals surface area contributed by atoms with E-state index in [1.807, 2.05) is 25.1 Å². The fourth-order valence-electron chi connectivity index (χ4n) is 4.66. The van der Waals surface area contributed by atoms with Crippen LogP contribution in [0.3, 0.4) is 0 Å². The van der Waals surface area contributed by atoms with Crippen molar-refractivity contribution >= 4 is 17.6 Å². The molecular weight excluding hydrogens is 392 g/mol. The largest absolute Gasteiger partial charge is 0.373 e. The molecule has 2 heterocycles. The quantitative estimate of drug-likeness (QED) is 0.716. The Hall–Kier alpha value is -2.22. The molecule has 3 rings (SSSR count). The summed E-state index contributed by atoms with van der Waals surface area (Å²) < 4.78 is 0. The number of carbonyl (C=O) groups is 2. The van der Waals surface area contributed by atoms with Gasteiger partial charge in [0.05, 0.1) is 24.8 Å². The van der Waals surface area contributed by atoms with Crippen LogP contribution in [0.5, 0.6) is 0 Å². The van der Waals surface area contributed by atoms with E-state index in [1.54, 1.807) is 18.9 Å². The summed E-state index contributed by atoms with van der Waals surface area (Å²) in [7, 11) is 5.58. The number of hydrogen-bond acceptors (Lipinski definition) is 6. The van der Waals surface area contributed by atoms with Crippen molar-refractivity contribution in [1.29, 1.82) is 0 Å². The average Bonchev–Trinajstić information content (AvgIpc) is 2.79. The lowest BCUT2D eigenvalue weighted by molar-refractivity contribution is -0.135. The number of nitrogens with one attached hydrogen (secondary N) is 1. The van der Waals surface area contributed by atoms with Crippen LogP contribution in [0.1, 0.15) is 75.9 Å². The van der Waals surface area contributed by atoms with Crippen molar-refractivity contribution < 1.29 is 9.59 Å². The van der Waals surface area contributed by atoms with Crippen molar-refractivity contribution in [2.75, 3.05) is 39.5 Å². The van der Waals surface area contributed by atoms with Gasteiger partial charge in [0.15, 0.2) is 0 Å². The van der Waals surface area contributed by atoms with Crippen LogP contribution < -0.4 is 5.32 Å². The molecule has 0 aromatic carbocycles. The van der Waals surface area contributed by atoms with E-state index in [2.05, 4.69) is 10.2 Å². The molecular formula is C23H38N6O2. The Kier molecular flexibility index (Phi) is 8.23. The van der Waals surface area contributed by atoms with Crippen LogP contribution in [0.25, 0.3) is 0 Å². The predicted molar refractivity (Wildman–Crippen MR) is 122 cm³/mol. The Balaban J connectivity index is 1.76. The minimum absolute atomic E-state index is 0.00168. The highest BCUT2D eigenvalue weighted by atomic mass is 16.2. The van der Waals surface area contributed by atoms with Gasteiger partial charge in [-0.3, -0.25) is 14.5 Å². The summed E-state index contributed by atoms with van der Waals surface area (Å²) in [5, 5.41) is 3.12.